The number of hydrogen-bond donors (Lipinski definition) is 1. The van der Waals surface area contributed by atoms with E-state index in [2.05, 4.69) is 0 Å². The number of halogens is 2. The van der Waals surface area contributed by atoms with Gasteiger partial charge in [-0.3, -0.25) is 4.79 Å². The van der Waals surface area contributed by atoms with Crippen molar-refractivity contribution in [3.05, 3.63) is 29.8 Å². The van der Waals surface area contributed by atoms with Gasteiger partial charge in [0, 0.05) is 12.6 Å². The number of carboxylic acids is 1. The topological polar surface area (TPSA) is 64.3 Å². The van der Waals surface area contributed by atoms with Gasteiger partial charge in [0.15, 0.2) is 0 Å². The largest absolute Gasteiger partial charge is 0.481 e. The fourth-order valence-electron chi connectivity index (χ4n) is 1.47. The average Bonchev–Trinajstić information content (AvgIpc) is 2.31. The van der Waals surface area contributed by atoms with E-state index < -0.39 is 23.5 Å². The monoisotopic (exact) mass is 254 g/mol. The van der Waals surface area contributed by atoms with Gasteiger partial charge in [0.05, 0.1) is 17.7 Å². The zero-order valence-corrected chi connectivity index (χ0v) is 9.73. The Balaban J connectivity index is 3.01. The van der Waals surface area contributed by atoms with E-state index in [1.807, 2.05) is 0 Å². The van der Waals surface area contributed by atoms with Gasteiger partial charge in [-0.05, 0) is 12.1 Å². The number of carboxylic acid groups (broad SMARTS) is 1. The predicted molar refractivity (Wildman–Crippen MR) is 61.0 cm³/mol. The second-order valence-corrected chi connectivity index (χ2v) is 3.87. The summed E-state index contributed by atoms with van der Waals surface area (Å²) in [4.78, 5) is 12.0. The molecule has 0 aliphatic heterocycles. The molecule has 1 unspecified atom stereocenters. The van der Waals surface area contributed by atoms with Crippen LogP contribution in [0.5, 0.6) is 0 Å². The van der Waals surface area contributed by atoms with Gasteiger partial charge in [0.2, 0.25) is 0 Å². The smallest absolute Gasteiger partial charge is 0.308 e. The summed E-state index contributed by atoms with van der Waals surface area (Å²) in [5.41, 5.74) is -0.107. The first-order chi connectivity index (χ1) is 8.45. The summed E-state index contributed by atoms with van der Waals surface area (Å²) in [7, 11) is 0. The maximum Gasteiger partial charge on any atom is 0.308 e. The van der Waals surface area contributed by atoms with Crippen molar-refractivity contribution in [2.45, 2.75) is 6.92 Å². The summed E-state index contributed by atoms with van der Waals surface area (Å²) in [6.07, 6.45) is 0. The van der Waals surface area contributed by atoms with E-state index in [9.17, 15) is 13.6 Å². The number of nitriles is 1. The van der Waals surface area contributed by atoms with Crippen LogP contribution in [0.4, 0.5) is 14.5 Å². The van der Waals surface area contributed by atoms with E-state index in [1.54, 1.807) is 6.07 Å². The number of benzene rings is 1. The van der Waals surface area contributed by atoms with Crippen molar-refractivity contribution < 1.29 is 18.7 Å². The Morgan fingerprint density at radius 1 is 1.56 bits per heavy atom. The molecule has 0 heterocycles. The number of rotatable bonds is 5. The number of aliphatic carboxylic acids is 1. The van der Waals surface area contributed by atoms with Gasteiger partial charge in [-0.2, -0.15) is 5.26 Å². The highest BCUT2D eigenvalue weighted by atomic mass is 19.1. The molecule has 96 valence electrons. The number of nitrogens with zero attached hydrogens (tertiary/aromatic N) is 2. The van der Waals surface area contributed by atoms with Gasteiger partial charge < -0.3 is 10.0 Å². The van der Waals surface area contributed by atoms with E-state index >= 15 is 0 Å². The summed E-state index contributed by atoms with van der Waals surface area (Å²) in [5, 5.41) is 17.4. The van der Waals surface area contributed by atoms with Crippen LogP contribution in [0, 0.1) is 28.9 Å². The molecule has 1 aromatic rings. The Hall–Kier alpha value is -2.16. The molecule has 0 spiro atoms. The lowest BCUT2D eigenvalue weighted by atomic mass is 10.1. The number of carbonyl (C=O) groups is 1. The molecule has 0 fully saturated rings. The minimum absolute atomic E-state index is 0.0662. The third-order valence-corrected chi connectivity index (χ3v) is 2.43. The van der Waals surface area contributed by atoms with Crippen LogP contribution in [-0.4, -0.2) is 24.2 Å². The summed E-state index contributed by atoms with van der Waals surface area (Å²) in [6, 6.07) is 4.65. The first-order valence-electron chi connectivity index (χ1n) is 5.25. The van der Waals surface area contributed by atoms with Crippen LogP contribution in [0.3, 0.4) is 0 Å². The van der Waals surface area contributed by atoms with Crippen LogP contribution < -0.4 is 4.90 Å². The Morgan fingerprint density at radius 3 is 2.78 bits per heavy atom. The average molecular weight is 254 g/mol. The molecule has 0 amide bonds. The molecule has 0 bridgehead atoms. The highest BCUT2D eigenvalue weighted by molar-refractivity contribution is 5.70. The Labute approximate surface area is 103 Å². The fraction of sp³-hybridized carbons (Fsp3) is 0.333. The molecule has 1 atom stereocenters. The molecule has 18 heavy (non-hydrogen) atoms. The van der Waals surface area contributed by atoms with Gasteiger partial charge in [-0.15, -0.1) is 0 Å². The molecule has 0 aliphatic carbocycles. The van der Waals surface area contributed by atoms with Crippen molar-refractivity contribution in [3.63, 3.8) is 0 Å². The highest BCUT2D eigenvalue weighted by Crippen LogP contribution is 2.21. The first-order valence-corrected chi connectivity index (χ1v) is 5.25. The fourth-order valence-corrected chi connectivity index (χ4v) is 1.47. The number of anilines is 1. The molecule has 1 aromatic carbocycles. The van der Waals surface area contributed by atoms with Crippen molar-refractivity contribution in [2.75, 3.05) is 18.0 Å². The third-order valence-electron chi connectivity index (χ3n) is 2.43. The van der Waals surface area contributed by atoms with Gasteiger partial charge >= 0.3 is 5.97 Å². The van der Waals surface area contributed by atoms with Crippen LogP contribution in [0.25, 0.3) is 0 Å². The summed E-state index contributed by atoms with van der Waals surface area (Å²) in [6.45, 7) is 1.16. The van der Waals surface area contributed by atoms with Crippen molar-refractivity contribution >= 4 is 11.7 Å². The van der Waals surface area contributed by atoms with Crippen molar-refractivity contribution in [2.24, 2.45) is 5.92 Å². The Kier molecular flexibility index (Phi) is 4.60. The quantitative estimate of drug-likeness (QED) is 0.816. The van der Waals surface area contributed by atoms with Crippen LogP contribution in [-0.2, 0) is 4.79 Å². The standard InChI is InChI=1S/C12H12F2N2O2/c1-8(12(17)18)7-16(5-4-15)11-6-9(13)2-3-10(11)14/h2-3,6,8H,5,7H2,1H3,(H,17,18). The van der Waals surface area contributed by atoms with E-state index in [4.69, 9.17) is 10.4 Å². The summed E-state index contributed by atoms with van der Waals surface area (Å²) < 4.78 is 26.6. The van der Waals surface area contributed by atoms with Crippen molar-refractivity contribution in [1.29, 1.82) is 5.26 Å². The van der Waals surface area contributed by atoms with Crippen molar-refractivity contribution in [3.8, 4) is 6.07 Å². The molecule has 0 radical (unpaired) electrons. The number of hydrogen-bond acceptors (Lipinski definition) is 3. The van der Waals surface area contributed by atoms with E-state index in [0.29, 0.717) is 0 Å². The molecule has 6 heteroatoms. The molecule has 0 aromatic heterocycles. The van der Waals surface area contributed by atoms with Crippen LogP contribution in [0.15, 0.2) is 18.2 Å². The molecule has 0 saturated heterocycles. The molecule has 0 aliphatic rings. The summed E-state index contributed by atoms with van der Waals surface area (Å²) >= 11 is 0. The third kappa shape index (κ3) is 3.42. The Morgan fingerprint density at radius 2 is 2.22 bits per heavy atom. The maximum atomic E-state index is 13.5. The van der Waals surface area contributed by atoms with Gasteiger partial charge in [-0.1, -0.05) is 6.92 Å². The zero-order valence-electron chi connectivity index (χ0n) is 9.73. The van der Waals surface area contributed by atoms with Gasteiger partial charge in [-0.25, -0.2) is 8.78 Å². The first kappa shape index (κ1) is 13.9. The van der Waals surface area contributed by atoms with E-state index in [1.165, 1.54) is 11.8 Å². The lowest BCUT2D eigenvalue weighted by molar-refractivity contribution is -0.140. The van der Waals surface area contributed by atoms with Crippen molar-refractivity contribution in [1.82, 2.24) is 0 Å². The molecule has 4 nitrogen and oxygen atoms in total. The maximum absolute atomic E-state index is 13.5. The molecular formula is C12H12F2N2O2. The second-order valence-electron chi connectivity index (χ2n) is 3.87. The zero-order chi connectivity index (χ0) is 13.7. The second kappa shape index (κ2) is 5.96. The lowest BCUT2D eigenvalue weighted by Crippen LogP contribution is -2.32. The predicted octanol–water partition coefficient (Wildman–Crippen LogP) is 2.02. The molecular weight excluding hydrogens is 242 g/mol. The Bertz CT molecular complexity index is 485. The van der Waals surface area contributed by atoms with E-state index in [-0.39, 0.29) is 18.8 Å². The SMILES string of the molecule is CC(CN(CC#N)c1cc(F)ccc1F)C(=O)O. The molecule has 0 saturated carbocycles. The minimum atomic E-state index is -1.06. The lowest BCUT2D eigenvalue weighted by Gasteiger charge is -2.24. The normalized spacial score (nSPS) is 11.7. The van der Waals surface area contributed by atoms with E-state index in [0.717, 1.165) is 18.2 Å². The minimum Gasteiger partial charge on any atom is -0.481 e. The molecule has 1 rings (SSSR count). The van der Waals surface area contributed by atoms with Gasteiger partial charge in [0.25, 0.3) is 0 Å². The molecule has 1 N–H and O–H groups in total. The highest BCUT2D eigenvalue weighted by Gasteiger charge is 2.19. The van der Waals surface area contributed by atoms with Crippen LogP contribution >= 0.6 is 0 Å². The van der Waals surface area contributed by atoms with Crippen LogP contribution in [0.2, 0.25) is 0 Å². The van der Waals surface area contributed by atoms with Crippen LogP contribution in [0.1, 0.15) is 6.92 Å². The van der Waals surface area contributed by atoms with Gasteiger partial charge in [0.1, 0.15) is 18.2 Å². The summed E-state index contributed by atoms with van der Waals surface area (Å²) in [5.74, 6) is -3.18.